The average molecular weight is 377 g/mol. The Morgan fingerprint density at radius 1 is 1.19 bits per heavy atom. The number of thiazole rings is 1. The normalized spacial score (nSPS) is 11.3. The molecule has 2 aromatic rings. The van der Waals surface area contributed by atoms with E-state index in [9.17, 15) is 0 Å². The van der Waals surface area contributed by atoms with E-state index >= 15 is 0 Å². The van der Waals surface area contributed by atoms with E-state index < -0.39 is 0 Å². The number of methoxy groups -OCH3 is 1. The first-order chi connectivity index (χ1) is 12.6. The summed E-state index contributed by atoms with van der Waals surface area (Å²) >= 11 is 1.76. The third kappa shape index (κ3) is 6.55. The Morgan fingerprint density at radius 3 is 2.65 bits per heavy atom. The van der Waals surface area contributed by atoms with E-state index in [-0.39, 0.29) is 0 Å². The maximum absolute atomic E-state index is 5.73. The number of aliphatic imine (C=N–C) groups is 1. The fourth-order valence-electron chi connectivity index (χ4n) is 2.31. The summed E-state index contributed by atoms with van der Waals surface area (Å²) in [6, 6.07) is 7.64. The zero-order valence-electron chi connectivity index (χ0n) is 16.0. The number of nitrogens with zero attached hydrogens (tertiary/aromatic N) is 2. The van der Waals surface area contributed by atoms with E-state index in [1.54, 1.807) is 25.5 Å². The minimum atomic E-state index is 0.634. The molecule has 142 valence electrons. The lowest BCUT2D eigenvalue weighted by atomic mass is 10.3. The molecule has 0 amide bonds. The van der Waals surface area contributed by atoms with Gasteiger partial charge in [-0.05, 0) is 32.4 Å². The molecule has 0 radical (unpaired) electrons. The van der Waals surface area contributed by atoms with Gasteiger partial charge in [-0.15, -0.1) is 11.3 Å². The number of nitrogens with one attached hydrogen (secondary N) is 2. The van der Waals surface area contributed by atoms with Gasteiger partial charge in [-0.3, -0.25) is 4.99 Å². The summed E-state index contributed by atoms with van der Waals surface area (Å²) in [7, 11) is 3.43. The molecular weight excluding hydrogens is 348 g/mol. The molecule has 0 saturated heterocycles. The van der Waals surface area contributed by atoms with Gasteiger partial charge in [-0.25, -0.2) is 4.98 Å². The van der Waals surface area contributed by atoms with Crippen molar-refractivity contribution < 1.29 is 9.47 Å². The molecule has 2 N–H and O–H groups in total. The van der Waals surface area contributed by atoms with Crippen LogP contribution in [0.2, 0.25) is 0 Å². The van der Waals surface area contributed by atoms with Crippen molar-refractivity contribution in [3.8, 4) is 11.5 Å². The van der Waals surface area contributed by atoms with Gasteiger partial charge in [0.15, 0.2) is 5.96 Å². The van der Waals surface area contributed by atoms with E-state index in [2.05, 4.69) is 34.5 Å². The van der Waals surface area contributed by atoms with Crippen LogP contribution in [0.15, 0.2) is 29.3 Å². The van der Waals surface area contributed by atoms with Gasteiger partial charge in [0.1, 0.15) is 11.5 Å². The molecule has 7 heteroatoms. The summed E-state index contributed by atoms with van der Waals surface area (Å²) < 4.78 is 10.9. The highest BCUT2D eigenvalue weighted by molar-refractivity contribution is 7.11. The molecule has 6 nitrogen and oxygen atoms in total. The van der Waals surface area contributed by atoms with E-state index in [1.165, 1.54) is 4.88 Å². The van der Waals surface area contributed by atoms with Crippen LogP contribution in [0.25, 0.3) is 0 Å². The van der Waals surface area contributed by atoms with Crippen LogP contribution in [0.1, 0.15) is 22.0 Å². The standard InChI is InChI=1S/C19H28N4O2S/c1-14-15(2)26-18(23-14)9-11-22-19(20-3)21-10-6-12-25-17-8-5-7-16(13-17)24-4/h5,7-8,13H,6,9-12H2,1-4H3,(H2,20,21,22). The molecule has 0 bridgehead atoms. The fraction of sp³-hybridized carbons (Fsp3) is 0.474. The van der Waals surface area contributed by atoms with Gasteiger partial charge in [0.2, 0.25) is 0 Å². The van der Waals surface area contributed by atoms with Crippen LogP contribution in [0.5, 0.6) is 11.5 Å². The Morgan fingerprint density at radius 2 is 1.96 bits per heavy atom. The molecule has 0 aliphatic heterocycles. The molecule has 0 saturated carbocycles. The van der Waals surface area contributed by atoms with E-state index in [0.717, 1.165) is 54.1 Å². The van der Waals surface area contributed by atoms with Crippen LogP contribution in [0, 0.1) is 13.8 Å². The van der Waals surface area contributed by atoms with Crippen molar-refractivity contribution in [2.75, 3.05) is 33.9 Å². The Labute approximate surface area is 159 Å². The van der Waals surface area contributed by atoms with Crippen molar-refractivity contribution in [2.24, 2.45) is 4.99 Å². The maximum atomic E-state index is 5.73. The molecule has 0 aliphatic rings. The van der Waals surface area contributed by atoms with Crippen molar-refractivity contribution in [1.82, 2.24) is 15.6 Å². The third-order valence-electron chi connectivity index (χ3n) is 3.85. The number of ether oxygens (including phenoxy) is 2. The van der Waals surface area contributed by atoms with Gasteiger partial charge in [-0.2, -0.15) is 0 Å². The predicted molar refractivity (Wildman–Crippen MR) is 108 cm³/mol. The molecule has 1 heterocycles. The zero-order valence-corrected chi connectivity index (χ0v) is 16.8. The number of hydrogen-bond donors (Lipinski definition) is 2. The first-order valence-electron chi connectivity index (χ1n) is 8.76. The minimum Gasteiger partial charge on any atom is -0.497 e. The number of benzene rings is 1. The summed E-state index contributed by atoms with van der Waals surface area (Å²) in [4.78, 5) is 10.1. The van der Waals surface area contributed by atoms with Crippen molar-refractivity contribution in [1.29, 1.82) is 0 Å². The van der Waals surface area contributed by atoms with Crippen LogP contribution in [-0.2, 0) is 6.42 Å². The van der Waals surface area contributed by atoms with Crippen LogP contribution in [0.3, 0.4) is 0 Å². The molecular formula is C19H28N4O2S. The Hall–Kier alpha value is -2.28. The first kappa shape index (κ1) is 20.0. The van der Waals surface area contributed by atoms with E-state index in [0.29, 0.717) is 6.61 Å². The lowest BCUT2D eigenvalue weighted by Crippen LogP contribution is -2.39. The van der Waals surface area contributed by atoms with Crippen LogP contribution in [0.4, 0.5) is 0 Å². The predicted octanol–water partition coefficient (Wildman–Crippen LogP) is 2.95. The minimum absolute atomic E-state index is 0.634. The molecule has 0 unspecified atom stereocenters. The molecule has 1 aromatic heterocycles. The van der Waals surface area contributed by atoms with E-state index in [1.807, 2.05) is 24.3 Å². The van der Waals surface area contributed by atoms with Gasteiger partial charge in [-0.1, -0.05) is 6.07 Å². The SMILES string of the molecule is CN=C(NCCCOc1cccc(OC)c1)NCCc1nc(C)c(C)s1. The fourth-order valence-corrected chi connectivity index (χ4v) is 3.25. The maximum Gasteiger partial charge on any atom is 0.190 e. The highest BCUT2D eigenvalue weighted by atomic mass is 32.1. The summed E-state index contributed by atoms with van der Waals surface area (Å²) in [6.07, 6.45) is 1.78. The molecule has 2 rings (SSSR count). The second-order valence-electron chi connectivity index (χ2n) is 5.81. The van der Waals surface area contributed by atoms with Crippen LogP contribution < -0.4 is 20.1 Å². The molecule has 26 heavy (non-hydrogen) atoms. The Bertz CT molecular complexity index is 696. The molecule has 0 atom stereocenters. The highest BCUT2D eigenvalue weighted by Gasteiger charge is 2.04. The number of guanidine groups is 1. The average Bonchev–Trinajstić information content (AvgIpc) is 2.97. The van der Waals surface area contributed by atoms with Crippen LogP contribution >= 0.6 is 11.3 Å². The number of aryl methyl sites for hydroxylation is 2. The van der Waals surface area contributed by atoms with Crippen molar-refractivity contribution in [3.05, 3.63) is 39.8 Å². The second kappa shape index (κ2) is 10.7. The monoisotopic (exact) mass is 376 g/mol. The Kier molecular flexibility index (Phi) is 8.21. The largest absolute Gasteiger partial charge is 0.497 e. The van der Waals surface area contributed by atoms with Gasteiger partial charge in [0, 0.05) is 37.5 Å². The van der Waals surface area contributed by atoms with Crippen molar-refractivity contribution >= 4 is 17.3 Å². The third-order valence-corrected chi connectivity index (χ3v) is 4.98. The Balaban J connectivity index is 1.61. The van der Waals surface area contributed by atoms with Crippen molar-refractivity contribution in [3.63, 3.8) is 0 Å². The van der Waals surface area contributed by atoms with Gasteiger partial charge < -0.3 is 20.1 Å². The van der Waals surface area contributed by atoms with Gasteiger partial charge in [0.25, 0.3) is 0 Å². The summed E-state index contributed by atoms with van der Waals surface area (Å²) in [6.45, 7) is 6.40. The van der Waals surface area contributed by atoms with E-state index in [4.69, 9.17) is 9.47 Å². The molecule has 0 aliphatic carbocycles. The highest BCUT2D eigenvalue weighted by Crippen LogP contribution is 2.18. The van der Waals surface area contributed by atoms with Gasteiger partial charge in [0.05, 0.1) is 24.4 Å². The number of rotatable bonds is 9. The summed E-state index contributed by atoms with van der Waals surface area (Å²) in [5.74, 6) is 2.42. The topological polar surface area (TPSA) is 67.8 Å². The number of aromatic nitrogens is 1. The summed E-state index contributed by atoms with van der Waals surface area (Å²) in [5.41, 5.74) is 1.13. The zero-order chi connectivity index (χ0) is 18.8. The number of hydrogen-bond acceptors (Lipinski definition) is 5. The van der Waals surface area contributed by atoms with Crippen LogP contribution in [-0.4, -0.2) is 44.8 Å². The smallest absolute Gasteiger partial charge is 0.190 e. The lowest BCUT2D eigenvalue weighted by molar-refractivity contribution is 0.308. The second-order valence-corrected chi connectivity index (χ2v) is 7.09. The quantitative estimate of drug-likeness (QED) is 0.400. The summed E-state index contributed by atoms with van der Waals surface area (Å²) in [5, 5.41) is 7.78. The van der Waals surface area contributed by atoms with Crippen molar-refractivity contribution in [2.45, 2.75) is 26.7 Å². The first-order valence-corrected chi connectivity index (χ1v) is 9.58. The lowest BCUT2D eigenvalue weighted by Gasteiger charge is -2.12. The molecule has 1 aromatic carbocycles. The molecule has 0 spiro atoms. The van der Waals surface area contributed by atoms with Gasteiger partial charge >= 0.3 is 0 Å². The molecule has 0 fully saturated rings.